The van der Waals surface area contributed by atoms with Gasteiger partial charge >= 0.3 is 35.6 Å². The maximum absolute atomic E-state index is 14.1. The molecule has 168 valence electrons. The van der Waals surface area contributed by atoms with E-state index in [0.717, 1.165) is 0 Å². The van der Waals surface area contributed by atoms with E-state index in [1.54, 1.807) is 7.05 Å². The monoisotopic (exact) mass is 463 g/mol. The molecule has 1 heterocycles. The number of rotatable bonds is 7. The van der Waals surface area contributed by atoms with E-state index in [9.17, 15) is 17.6 Å². The Hall–Kier alpha value is -1.46. The van der Waals surface area contributed by atoms with Gasteiger partial charge in [-0.25, -0.2) is 13.9 Å². The molecule has 0 saturated carbocycles. The molecule has 8 nitrogen and oxygen atoms in total. The number of amides is 2. The molecule has 0 saturated heterocycles. The Morgan fingerprint density at radius 1 is 1.16 bits per heavy atom. The summed E-state index contributed by atoms with van der Waals surface area (Å²) in [6.45, 7) is 7.99. The van der Waals surface area contributed by atoms with E-state index in [2.05, 4.69) is 10.4 Å². The van der Waals surface area contributed by atoms with E-state index in [-0.39, 0.29) is 47.8 Å². The van der Waals surface area contributed by atoms with Gasteiger partial charge in [0.2, 0.25) is 0 Å². The number of aryl methyl sites for hydroxylation is 1. The Morgan fingerprint density at radius 3 is 2.13 bits per heavy atom. The number of anilines is 1. The first-order valence-corrected chi connectivity index (χ1v) is 11.1. The summed E-state index contributed by atoms with van der Waals surface area (Å²) in [5.74, 6) is -0.549. The van der Waals surface area contributed by atoms with Gasteiger partial charge in [-0.05, 0) is 49.2 Å². The fourth-order valence-electron chi connectivity index (χ4n) is 3.10. The number of halogens is 1. The second kappa shape index (κ2) is 10.9. The smallest absolute Gasteiger partial charge is 1.00 e. The molecule has 0 bridgehead atoms. The van der Waals surface area contributed by atoms with Crippen LogP contribution in [0.25, 0.3) is 0 Å². The zero-order chi connectivity index (χ0) is 22.8. The molecule has 0 aliphatic heterocycles. The topological polar surface area (TPSA) is 96.3 Å². The van der Waals surface area contributed by atoms with Crippen LogP contribution in [-0.2, 0) is 23.6 Å². The summed E-state index contributed by atoms with van der Waals surface area (Å²) in [6, 6.07) is 3.21. The summed E-state index contributed by atoms with van der Waals surface area (Å²) in [4.78, 5) is 14.4. The molecule has 0 fully saturated rings. The number of carbonyl (C=O) groups is 1. The number of hydrogen-bond acceptors (Lipinski definition) is 5. The minimum Gasteiger partial charge on any atom is -1.00 e. The molecule has 2 aromatic rings. The molecule has 11 heteroatoms. The summed E-state index contributed by atoms with van der Waals surface area (Å²) in [6.07, 6.45) is 0. The quantitative estimate of drug-likeness (QED) is 0.583. The van der Waals surface area contributed by atoms with Gasteiger partial charge < -0.3 is 11.6 Å². The molecule has 2 rings (SSSR count). The molecular weight excluding hydrogens is 432 g/mol. The Bertz CT molecular complexity index is 1010. The molecule has 0 unspecified atom stereocenters. The summed E-state index contributed by atoms with van der Waals surface area (Å²) >= 11 is 0. The average Bonchev–Trinajstić information content (AvgIpc) is 2.96. The summed E-state index contributed by atoms with van der Waals surface area (Å²) in [5.41, 5.74) is 2.29. The number of aromatic nitrogens is 2. The second-order valence-electron chi connectivity index (χ2n) is 8.16. The number of benzene rings is 1. The Balaban J connectivity index is 0.00000480. The van der Waals surface area contributed by atoms with Crippen LogP contribution >= 0.6 is 0 Å². The molecule has 0 aliphatic carbocycles. The van der Waals surface area contributed by atoms with Crippen molar-refractivity contribution in [2.24, 2.45) is 7.05 Å². The maximum atomic E-state index is 14.1. The van der Waals surface area contributed by atoms with Gasteiger partial charge in [-0.1, -0.05) is 27.7 Å². The van der Waals surface area contributed by atoms with Crippen molar-refractivity contribution in [1.29, 1.82) is 0 Å². The Kier molecular flexibility index (Phi) is 9.71. The third kappa shape index (κ3) is 7.01. The first-order valence-electron chi connectivity index (χ1n) is 9.66. The summed E-state index contributed by atoms with van der Waals surface area (Å²) < 4.78 is 42.8. The largest absolute Gasteiger partial charge is 1.00 e. The molecule has 0 spiro atoms. The molecular formula is C20H31FN5NaO3S. The molecule has 2 amide bonds. The van der Waals surface area contributed by atoms with Gasteiger partial charge in [-0.3, -0.25) is 4.68 Å². The van der Waals surface area contributed by atoms with Crippen molar-refractivity contribution in [1.82, 2.24) is 19.4 Å². The van der Waals surface area contributed by atoms with Crippen molar-refractivity contribution >= 4 is 21.7 Å². The van der Waals surface area contributed by atoms with Gasteiger partial charge in [0.1, 0.15) is 5.82 Å². The zero-order valence-corrected chi connectivity index (χ0v) is 22.3. The van der Waals surface area contributed by atoms with Crippen molar-refractivity contribution in [3.05, 3.63) is 40.8 Å². The van der Waals surface area contributed by atoms with Crippen molar-refractivity contribution in [3.63, 3.8) is 0 Å². The third-order valence-electron chi connectivity index (χ3n) is 4.58. The van der Waals surface area contributed by atoms with E-state index in [4.69, 9.17) is 0 Å². The van der Waals surface area contributed by atoms with Crippen LogP contribution in [0.15, 0.2) is 23.2 Å². The van der Waals surface area contributed by atoms with Gasteiger partial charge in [-0.15, -0.1) is 0 Å². The molecule has 31 heavy (non-hydrogen) atoms. The molecule has 0 radical (unpaired) electrons. The first-order chi connectivity index (χ1) is 13.8. The van der Waals surface area contributed by atoms with Crippen LogP contribution in [0.1, 0.15) is 57.8 Å². The van der Waals surface area contributed by atoms with Crippen molar-refractivity contribution in [3.8, 4) is 0 Å². The fraction of sp³-hybridized carbons (Fsp3) is 0.500. The van der Waals surface area contributed by atoms with Crippen LogP contribution in [0.4, 0.5) is 14.9 Å². The van der Waals surface area contributed by atoms with Crippen LogP contribution in [0.2, 0.25) is 0 Å². The molecule has 1 aromatic heterocycles. The van der Waals surface area contributed by atoms with Gasteiger partial charge in [0.05, 0.1) is 5.69 Å². The average molecular weight is 464 g/mol. The predicted octanol–water partition coefficient (Wildman–Crippen LogP) is 0.495. The van der Waals surface area contributed by atoms with Crippen molar-refractivity contribution in [2.45, 2.75) is 51.1 Å². The predicted molar refractivity (Wildman–Crippen MR) is 116 cm³/mol. The Labute approximate surface area is 207 Å². The van der Waals surface area contributed by atoms with Crippen LogP contribution in [0, 0.1) is 5.82 Å². The minimum atomic E-state index is -4.18. The van der Waals surface area contributed by atoms with Crippen molar-refractivity contribution < 1.29 is 48.6 Å². The minimum absolute atomic E-state index is 0. The van der Waals surface area contributed by atoms with E-state index in [0.29, 0.717) is 29.1 Å². The van der Waals surface area contributed by atoms with Crippen LogP contribution < -0.4 is 39.6 Å². The molecule has 0 aliphatic rings. The SMILES string of the molecule is CC(C)c1cc(F)cc(C(C)C)c1NC(=O)NS(=O)(=O)c1cc(CN(C)C)n(C)n1.[H-].[Na+]. The normalized spacial score (nSPS) is 11.7. The van der Waals surface area contributed by atoms with Gasteiger partial charge in [0.25, 0.3) is 10.0 Å². The van der Waals surface area contributed by atoms with Gasteiger partial charge in [-0.2, -0.15) is 13.5 Å². The molecule has 0 atom stereocenters. The number of hydrogen-bond donors (Lipinski definition) is 2. The second-order valence-corrected chi connectivity index (χ2v) is 9.79. The maximum Gasteiger partial charge on any atom is 1.00 e. The summed E-state index contributed by atoms with van der Waals surface area (Å²) in [7, 11) is 1.17. The van der Waals surface area contributed by atoms with Gasteiger partial charge in [0, 0.05) is 25.3 Å². The number of carbonyl (C=O) groups excluding carboxylic acids is 1. The zero-order valence-electron chi connectivity index (χ0n) is 20.4. The number of urea groups is 1. The van der Waals surface area contributed by atoms with E-state index >= 15 is 0 Å². The van der Waals surface area contributed by atoms with E-state index in [1.165, 1.54) is 22.9 Å². The first kappa shape index (κ1) is 27.6. The van der Waals surface area contributed by atoms with Crippen LogP contribution in [-0.4, -0.2) is 43.2 Å². The molecule has 2 N–H and O–H groups in total. The van der Waals surface area contributed by atoms with Gasteiger partial charge in [0.15, 0.2) is 5.03 Å². The van der Waals surface area contributed by atoms with Crippen LogP contribution in [0.5, 0.6) is 0 Å². The summed E-state index contributed by atoms with van der Waals surface area (Å²) in [5, 5.41) is 6.37. The standard InChI is InChI=1S/C20H30FN5O3S.Na.H/c1-12(2)16-8-14(21)9-17(13(3)4)19(16)22-20(27)24-30(28,29)18-10-15(11-25(5)6)26(7)23-18;;/h8-10,12-13H,11H2,1-7H3,(H2,22,24,27);;/q;+1;-1. The Morgan fingerprint density at radius 2 is 1.68 bits per heavy atom. The van der Waals surface area contributed by atoms with Crippen LogP contribution in [0.3, 0.4) is 0 Å². The number of sulfonamides is 1. The third-order valence-corrected chi connectivity index (χ3v) is 5.79. The number of nitrogens with zero attached hydrogens (tertiary/aromatic N) is 3. The van der Waals surface area contributed by atoms with Crippen molar-refractivity contribution in [2.75, 3.05) is 19.4 Å². The van der Waals surface area contributed by atoms with E-state index in [1.807, 2.05) is 51.4 Å². The van der Waals surface area contributed by atoms with E-state index < -0.39 is 21.9 Å². The fourth-order valence-corrected chi connectivity index (χ4v) is 4.02. The molecule has 1 aromatic carbocycles. The number of nitrogens with one attached hydrogen (secondary N) is 2.